The zero-order valence-corrected chi connectivity index (χ0v) is 13.1. The van der Waals surface area contributed by atoms with Crippen LogP contribution < -0.4 is 10.1 Å². The number of hydrogen-bond acceptors (Lipinski definition) is 3. The zero-order valence-electron chi connectivity index (χ0n) is 13.1. The summed E-state index contributed by atoms with van der Waals surface area (Å²) < 4.78 is 11.0. The predicted octanol–water partition coefficient (Wildman–Crippen LogP) is 3.17. The quantitative estimate of drug-likeness (QED) is 0.896. The van der Waals surface area contributed by atoms with Crippen LogP contribution in [-0.4, -0.2) is 31.4 Å². The van der Waals surface area contributed by atoms with Gasteiger partial charge in [-0.05, 0) is 57.7 Å². The van der Waals surface area contributed by atoms with Crippen molar-refractivity contribution in [2.24, 2.45) is 0 Å². The maximum absolute atomic E-state index is 5.77. The van der Waals surface area contributed by atoms with E-state index in [0.717, 1.165) is 31.6 Å². The lowest BCUT2D eigenvalue weighted by Crippen LogP contribution is -2.47. The lowest BCUT2D eigenvalue weighted by Gasteiger charge is -2.37. The van der Waals surface area contributed by atoms with Gasteiger partial charge in [0.2, 0.25) is 0 Å². The first-order valence-electron chi connectivity index (χ1n) is 7.51. The van der Waals surface area contributed by atoms with E-state index >= 15 is 0 Å². The van der Waals surface area contributed by atoms with Crippen LogP contribution in [0, 0.1) is 0 Å². The van der Waals surface area contributed by atoms with Gasteiger partial charge in [-0.2, -0.15) is 0 Å². The predicted molar refractivity (Wildman–Crippen MR) is 82.3 cm³/mol. The molecule has 1 N–H and O–H groups in total. The fourth-order valence-electron chi connectivity index (χ4n) is 2.95. The van der Waals surface area contributed by atoms with Crippen molar-refractivity contribution in [3.05, 3.63) is 29.8 Å². The van der Waals surface area contributed by atoms with Gasteiger partial charge in [0.15, 0.2) is 0 Å². The summed E-state index contributed by atoms with van der Waals surface area (Å²) in [5.41, 5.74) is 1.35. The Balaban J connectivity index is 1.83. The normalized spacial score (nSPS) is 23.3. The van der Waals surface area contributed by atoms with Gasteiger partial charge >= 0.3 is 0 Å². The first-order chi connectivity index (χ1) is 9.48. The number of nitrogens with one attached hydrogen (secondary N) is 1. The fourth-order valence-corrected chi connectivity index (χ4v) is 2.95. The van der Waals surface area contributed by atoms with Crippen LogP contribution in [0.5, 0.6) is 5.75 Å². The Morgan fingerprint density at radius 2 is 2.05 bits per heavy atom. The summed E-state index contributed by atoms with van der Waals surface area (Å²) in [7, 11) is 1.70. The third-order valence-corrected chi connectivity index (χ3v) is 3.92. The van der Waals surface area contributed by atoms with Gasteiger partial charge < -0.3 is 14.8 Å². The average Bonchev–Trinajstić information content (AvgIpc) is 2.38. The molecule has 2 unspecified atom stereocenters. The zero-order chi connectivity index (χ0) is 14.6. The molecule has 2 rings (SSSR count). The second-order valence-corrected chi connectivity index (χ2v) is 6.42. The minimum atomic E-state index is 0.00967. The van der Waals surface area contributed by atoms with E-state index in [-0.39, 0.29) is 5.60 Å². The van der Waals surface area contributed by atoms with Crippen molar-refractivity contribution in [2.75, 3.05) is 13.7 Å². The van der Waals surface area contributed by atoms with E-state index in [9.17, 15) is 0 Å². The molecule has 2 atom stereocenters. The summed E-state index contributed by atoms with van der Waals surface area (Å²) >= 11 is 0. The van der Waals surface area contributed by atoms with E-state index in [2.05, 4.69) is 38.2 Å². The fraction of sp³-hybridized carbons (Fsp3) is 0.647. The lowest BCUT2D eigenvalue weighted by atomic mass is 9.93. The van der Waals surface area contributed by atoms with Crippen molar-refractivity contribution in [3.8, 4) is 5.75 Å². The van der Waals surface area contributed by atoms with Gasteiger partial charge in [0.1, 0.15) is 5.75 Å². The molecule has 1 aromatic carbocycles. The van der Waals surface area contributed by atoms with Crippen molar-refractivity contribution in [2.45, 2.75) is 57.7 Å². The molecule has 1 aliphatic heterocycles. The number of rotatable bonds is 5. The number of ether oxygens (including phenoxy) is 2. The number of benzene rings is 1. The van der Waals surface area contributed by atoms with Crippen LogP contribution in [0.1, 0.15) is 39.2 Å². The summed E-state index contributed by atoms with van der Waals surface area (Å²) in [6, 6.07) is 9.38. The van der Waals surface area contributed by atoms with E-state index < -0.39 is 0 Å². The summed E-state index contributed by atoms with van der Waals surface area (Å²) in [5, 5.41) is 3.74. The average molecular weight is 277 g/mol. The Bertz CT molecular complexity index is 414. The third kappa shape index (κ3) is 4.50. The van der Waals surface area contributed by atoms with Crippen molar-refractivity contribution in [3.63, 3.8) is 0 Å². The second-order valence-electron chi connectivity index (χ2n) is 6.42. The van der Waals surface area contributed by atoms with Gasteiger partial charge in [0, 0.05) is 18.7 Å². The maximum Gasteiger partial charge on any atom is 0.118 e. The molecule has 0 aromatic heterocycles. The molecule has 3 heteroatoms. The Hall–Kier alpha value is -1.06. The minimum Gasteiger partial charge on any atom is -0.497 e. The standard InChI is InChI=1S/C17H27NO2/c1-13(11-14-5-7-16(19-4)8-6-14)18-15-9-10-20-17(2,3)12-15/h5-8,13,15,18H,9-12H2,1-4H3. The molecule has 0 aliphatic carbocycles. The molecule has 3 nitrogen and oxygen atoms in total. The molecule has 0 radical (unpaired) electrons. The highest BCUT2D eigenvalue weighted by Gasteiger charge is 2.29. The highest BCUT2D eigenvalue weighted by Crippen LogP contribution is 2.24. The largest absolute Gasteiger partial charge is 0.497 e. The molecule has 0 bridgehead atoms. The van der Waals surface area contributed by atoms with E-state index in [0.29, 0.717) is 12.1 Å². The lowest BCUT2D eigenvalue weighted by molar-refractivity contribution is -0.0639. The summed E-state index contributed by atoms with van der Waals surface area (Å²) in [6.45, 7) is 7.47. The van der Waals surface area contributed by atoms with Crippen LogP contribution in [-0.2, 0) is 11.2 Å². The molecule has 1 aromatic rings. The Labute approximate surface area is 122 Å². The van der Waals surface area contributed by atoms with Gasteiger partial charge in [-0.25, -0.2) is 0 Å². The molecule has 1 aliphatic rings. The molecule has 112 valence electrons. The van der Waals surface area contributed by atoms with E-state index in [1.807, 2.05) is 12.1 Å². The van der Waals surface area contributed by atoms with Gasteiger partial charge in [0.05, 0.1) is 12.7 Å². The molecule has 0 spiro atoms. The van der Waals surface area contributed by atoms with Crippen LogP contribution in [0.15, 0.2) is 24.3 Å². The van der Waals surface area contributed by atoms with Crippen LogP contribution >= 0.6 is 0 Å². The molecule has 0 amide bonds. The third-order valence-electron chi connectivity index (χ3n) is 3.92. The van der Waals surface area contributed by atoms with E-state index in [1.165, 1.54) is 5.56 Å². The van der Waals surface area contributed by atoms with Crippen molar-refractivity contribution < 1.29 is 9.47 Å². The Morgan fingerprint density at radius 1 is 1.35 bits per heavy atom. The molecule has 1 fully saturated rings. The van der Waals surface area contributed by atoms with E-state index in [1.54, 1.807) is 7.11 Å². The molecule has 0 saturated carbocycles. The first-order valence-corrected chi connectivity index (χ1v) is 7.51. The monoisotopic (exact) mass is 277 g/mol. The maximum atomic E-state index is 5.77. The Morgan fingerprint density at radius 3 is 2.65 bits per heavy atom. The number of hydrogen-bond donors (Lipinski definition) is 1. The number of methoxy groups -OCH3 is 1. The van der Waals surface area contributed by atoms with Gasteiger partial charge in [0.25, 0.3) is 0 Å². The molecule has 1 heterocycles. The van der Waals surface area contributed by atoms with Crippen molar-refractivity contribution >= 4 is 0 Å². The highest BCUT2D eigenvalue weighted by molar-refractivity contribution is 5.27. The first kappa shape index (κ1) is 15.3. The Kier molecular flexibility index (Phi) is 5.06. The van der Waals surface area contributed by atoms with Crippen molar-refractivity contribution in [1.82, 2.24) is 5.32 Å². The van der Waals surface area contributed by atoms with Crippen LogP contribution in [0.3, 0.4) is 0 Å². The minimum absolute atomic E-state index is 0.00967. The van der Waals surface area contributed by atoms with Crippen LogP contribution in [0.25, 0.3) is 0 Å². The SMILES string of the molecule is COc1ccc(CC(C)NC2CCOC(C)(C)C2)cc1. The summed E-state index contributed by atoms with van der Waals surface area (Å²) in [4.78, 5) is 0. The van der Waals surface area contributed by atoms with Crippen LogP contribution in [0.2, 0.25) is 0 Å². The molecule has 20 heavy (non-hydrogen) atoms. The topological polar surface area (TPSA) is 30.5 Å². The second kappa shape index (κ2) is 6.59. The highest BCUT2D eigenvalue weighted by atomic mass is 16.5. The van der Waals surface area contributed by atoms with E-state index in [4.69, 9.17) is 9.47 Å². The summed E-state index contributed by atoms with van der Waals surface area (Å²) in [5.74, 6) is 0.917. The molecule has 1 saturated heterocycles. The molecular weight excluding hydrogens is 250 g/mol. The summed E-state index contributed by atoms with van der Waals surface area (Å²) in [6.07, 6.45) is 3.23. The van der Waals surface area contributed by atoms with Gasteiger partial charge in [-0.1, -0.05) is 12.1 Å². The van der Waals surface area contributed by atoms with Gasteiger partial charge in [-0.15, -0.1) is 0 Å². The smallest absolute Gasteiger partial charge is 0.118 e. The van der Waals surface area contributed by atoms with Crippen molar-refractivity contribution in [1.29, 1.82) is 0 Å². The van der Waals surface area contributed by atoms with Gasteiger partial charge in [-0.3, -0.25) is 0 Å². The van der Waals surface area contributed by atoms with Crippen LogP contribution in [0.4, 0.5) is 0 Å². The molecular formula is C17H27NO2.